The van der Waals surface area contributed by atoms with Crippen molar-refractivity contribution in [2.24, 2.45) is 0 Å². The van der Waals surface area contributed by atoms with Crippen LogP contribution in [0.25, 0.3) is 0 Å². The molecule has 1 aromatic rings. The normalized spacial score (nSPS) is 11.1. The predicted octanol–water partition coefficient (Wildman–Crippen LogP) is 3.19. The van der Waals surface area contributed by atoms with Crippen LogP contribution in [0, 0.1) is 0 Å². The van der Waals surface area contributed by atoms with E-state index in [1.807, 2.05) is 0 Å². The summed E-state index contributed by atoms with van der Waals surface area (Å²) in [6, 6.07) is 4.57. The Hall–Kier alpha value is -1.52. The molecule has 4 nitrogen and oxygen atoms in total. The Bertz CT molecular complexity index is 527. The maximum absolute atomic E-state index is 11.9. The highest BCUT2D eigenvalue weighted by atomic mass is 35.5. The fraction of sp³-hybridized carbons (Fsp3) is 0.231. The molecule has 0 bridgehead atoms. The molecule has 0 radical (unpaired) electrons. The van der Waals surface area contributed by atoms with Crippen molar-refractivity contribution in [2.75, 3.05) is 6.61 Å². The highest BCUT2D eigenvalue weighted by Gasteiger charge is 2.11. The Morgan fingerprint density at radius 3 is 2.68 bits per heavy atom. The van der Waals surface area contributed by atoms with E-state index in [-0.39, 0.29) is 17.2 Å². The second-order valence-corrected chi connectivity index (χ2v) is 4.50. The SMILES string of the molecule is CCOC(=O)/C=C(\C)NC(=O)c1cc(Cl)ccc1Cl. The van der Waals surface area contributed by atoms with E-state index in [9.17, 15) is 9.59 Å². The molecule has 102 valence electrons. The number of nitrogens with one attached hydrogen (secondary N) is 1. The largest absolute Gasteiger partial charge is 0.463 e. The number of allylic oxidation sites excluding steroid dienone is 1. The number of halogens is 2. The lowest BCUT2D eigenvalue weighted by atomic mass is 10.2. The van der Waals surface area contributed by atoms with E-state index >= 15 is 0 Å². The molecule has 1 N–H and O–H groups in total. The molecule has 0 heterocycles. The zero-order valence-electron chi connectivity index (χ0n) is 10.5. The van der Waals surface area contributed by atoms with E-state index in [0.717, 1.165) is 0 Å². The van der Waals surface area contributed by atoms with Gasteiger partial charge in [-0.05, 0) is 32.0 Å². The lowest BCUT2D eigenvalue weighted by Crippen LogP contribution is -2.22. The van der Waals surface area contributed by atoms with Gasteiger partial charge >= 0.3 is 5.97 Å². The summed E-state index contributed by atoms with van der Waals surface area (Å²) in [4.78, 5) is 23.1. The molecule has 0 aliphatic heterocycles. The number of benzene rings is 1. The van der Waals surface area contributed by atoms with Crippen molar-refractivity contribution in [1.29, 1.82) is 0 Å². The number of carbonyl (C=O) groups is 2. The van der Waals surface area contributed by atoms with Crippen molar-refractivity contribution in [2.45, 2.75) is 13.8 Å². The highest BCUT2D eigenvalue weighted by Crippen LogP contribution is 2.20. The van der Waals surface area contributed by atoms with Gasteiger partial charge in [-0.2, -0.15) is 0 Å². The Morgan fingerprint density at radius 2 is 2.05 bits per heavy atom. The van der Waals surface area contributed by atoms with Crippen molar-refractivity contribution >= 4 is 35.1 Å². The van der Waals surface area contributed by atoms with Crippen LogP contribution < -0.4 is 5.32 Å². The van der Waals surface area contributed by atoms with E-state index in [0.29, 0.717) is 10.7 Å². The van der Waals surface area contributed by atoms with E-state index < -0.39 is 11.9 Å². The van der Waals surface area contributed by atoms with Crippen LogP contribution in [0.4, 0.5) is 0 Å². The molecule has 0 spiro atoms. The first-order valence-corrected chi connectivity index (χ1v) is 6.31. The number of amides is 1. The van der Waals surface area contributed by atoms with E-state index in [1.54, 1.807) is 19.9 Å². The molecular formula is C13H13Cl2NO3. The van der Waals surface area contributed by atoms with Crippen molar-refractivity contribution in [3.8, 4) is 0 Å². The Kier molecular flexibility index (Phi) is 5.86. The summed E-state index contributed by atoms with van der Waals surface area (Å²) in [5.41, 5.74) is 0.602. The summed E-state index contributed by atoms with van der Waals surface area (Å²) >= 11 is 11.7. The standard InChI is InChI=1S/C13H13Cl2NO3/c1-3-19-12(17)6-8(2)16-13(18)10-7-9(14)4-5-11(10)15/h4-7H,3H2,1-2H3,(H,16,18)/b8-6+. The average molecular weight is 302 g/mol. The topological polar surface area (TPSA) is 55.4 Å². The van der Waals surface area contributed by atoms with Gasteiger partial charge in [0.15, 0.2) is 0 Å². The third-order valence-corrected chi connectivity index (χ3v) is 2.67. The maximum atomic E-state index is 11.9. The molecular weight excluding hydrogens is 289 g/mol. The maximum Gasteiger partial charge on any atom is 0.332 e. The second-order valence-electron chi connectivity index (χ2n) is 3.66. The summed E-state index contributed by atoms with van der Waals surface area (Å²) in [5, 5.41) is 3.22. The molecule has 0 aromatic heterocycles. The third-order valence-electron chi connectivity index (χ3n) is 2.10. The molecule has 0 saturated heterocycles. The van der Waals surface area contributed by atoms with Crippen molar-refractivity contribution < 1.29 is 14.3 Å². The number of esters is 1. The van der Waals surface area contributed by atoms with Crippen LogP contribution in [0.5, 0.6) is 0 Å². The molecule has 1 aromatic carbocycles. The van der Waals surface area contributed by atoms with Crippen LogP contribution in [0.1, 0.15) is 24.2 Å². The number of hydrogen-bond acceptors (Lipinski definition) is 3. The predicted molar refractivity (Wildman–Crippen MR) is 74.3 cm³/mol. The van der Waals surface area contributed by atoms with Gasteiger partial charge in [-0.25, -0.2) is 4.79 Å². The molecule has 0 saturated carbocycles. The van der Waals surface area contributed by atoms with Gasteiger partial charge in [0.25, 0.3) is 5.91 Å². The zero-order valence-corrected chi connectivity index (χ0v) is 12.0. The quantitative estimate of drug-likeness (QED) is 0.686. The molecule has 1 rings (SSSR count). The van der Waals surface area contributed by atoms with Crippen LogP contribution in [-0.4, -0.2) is 18.5 Å². The molecule has 0 fully saturated rings. The third kappa shape index (κ3) is 4.93. The van der Waals surface area contributed by atoms with Gasteiger partial charge < -0.3 is 10.1 Å². The minimum atomic E-state index is -0.516. The van der Waals surface area contributed by atoms with Crippen LogP contribution in [-0.2, 0) is 9.53 Å². The first kappa shape index (κ1) is 15.5. The van der Waals surface area contributed by atoms with Crippen LogP contribution >= 0.6 is 23.2 Å². The number of ether oxygens (including phenoxy) is 1. The summed E-state index contributed by atoms with van der Waals surface area (Å²) in [6.45, 7) is 3.55. The molecule has 0 aliphatic carbocycles. The lowest BCUT2D eigenvalue weighted by molar-refractivity contribution is -0.137. The van der Waals surface area contributed by atoms with Gasteiger partial charge in [0.2, 0.25) is 0 Å². The van der Waals surface area contributed by atoms with Gasteiger partial charge in [-0.1, -0.05) is 23.2 Å². The number of carbonyl (C=O) groups excluding carboxylic acids is 2. The monoisotopic (exact) mass is 301 g/mol. The van der Waals surface area contributed by atoms with Gasteiger partial charge in [0, 0.05) is 16.8 Å². The Balaban J connectivity index is 2.79. The van der Waals surface area contributed by atoms with Gasteiger partial charge in [0.05, 0.1) is 17.2 Å². The highest BCUT2D eigenvalue weighted by molar-refractivity contribution is 6.35. The fourth-order valence-electron chi connectivity index (χ4n) is 1.31. The van der Waals surface area contributed by atoms with E-state index in [1.165, 1.54) is 18.2 Å². The molecule has 1 amide bonds. The van der Waals surface area contributed by atoms with Crippen LogP contribution in [0.2, 0.25) is 10.0 Å². The average Bonchev–Trinajstić information content (AvgIpc) is 2.32. The van der Waals surface area contributed by atoms with Gasteiger partial charge in [-0.3, -0.25) is 4.79 Å². The molecule has 0 atom stereocenters. The van der Waals surface area contributed by atoms with Gasteiger partial charge in [0.1, 0.15) is 0 Å². The zero-order chi connectivity index (χ0) is 14.4. The molecule has 0 unspecified atom stereocenters. The first-order valence-electron chi connectivity index (χ1n) is 5.55. The van der Waals surface area contributed by atoms with Crippen molar-refractivity contribution in [3.05, 3.63) is 45.6 Å². The van der Waals surface area contributed by atoms with E-state index in [4.69, 9.17) is 27.9 Å². The number of rotatable bonds is 4. The van der Waals surface area contributed by atoms with Crippen molar-refractivity contribution in [1.82, 2.24) is 5.32 Å². The van der Waals surface area contributed by atoms with Crippen LogP contribution in [0.3, 0.4) is 0 Å². The van der Waals surface area contributed by atoms with Crippen molar-refractivity contribution in [3.63, 3.8) is 0 Å². The van der Waals surface area contributed by atoms with Gasteiger partial charge in [-0.15, -0.1) is 0 Å². The second kappa shape index (κ2) is 7.16. The summed E-state index contributed by atoms with van der Waals surface area (Å²) < 4.78 is 4.73. The molecule has 0 aliphatic rings. The van der Waals surface area contributed by atoms with E-state index in [2.05, 4.69) is 5.32 Å². The summed E-state index contributed by atoms with van der Waals surface area (Å²) in [7, 11) is 0. The summed E-state index contributed by atoms with van der Waals surface area (Å²) in [6.07, 6.45) is 1.19. The first-order chi connectivity index (χ1) is 8.93. The summed E-state index contributed by atoms with van der Waals surface area (Å²) in [5.74, 6) is -0.956. The Labute approximate surface area is 121 Å². The fourth-order valence-corrected chi connectivity index (χ4v) is 1.69. The molecule has 6 heteroatoms. The Morgan fingerprint density at radius 1 is 1.37 bits per heavy atom. The van der Waals surface area contributed by atoms with Crippen LogP contribution in [0.15, 0.2) is 30.0 Å². The smallest absolute Gasteiger partial charge is 0.332 e. The lowest BCUT2D eigenvalue weighted by Gasteiger charge is -2.07. The molecule has 19 heavy (non-hydrogen) atoms. The minimum absolute atomic E-state index is 0.241. The number of hydrogen-bond donors (Lipinski definition) is 1. The minimum Gasteiger partial charge on any atom is -0.463 e.